The molecule has 0 aliphatic carbocycles. The third kappa shape index (κ3) is 8.42. The van der Waals surface area contributed by atoms with Gasteiger partial charge in [-0.05, 0) is 42.7 Å². The van der Waals surface area contributed by atoms with Crippen molar-refractivity contribution in [3.05, 3.63) is 71.8 Å². The summed E-state index contributed by atoms with van der Waals surface area (Å²) in [6, 6.07) is 17.2. The van der Waals surface area contributed by atoms with Gasteiger partial charge in [0.25, 0.3) is 0 Å². The van der Waals surface area contributed by atoms with Gasteiger partial charge in [-0.15, -0.1) is 0 Å². The van der Waals surface area contributed by atoms with Gasteiger partial charge in [0.15, 0.2) is 0 Å². The molecule has 25 heavy (non-hydrogen) atoms. The van der Waals surface area contributed by atoms with E-state index in [9.17, 15) is 4.79 Å². The minimum atomic E-state index is -0.945. The molecular weight excluding hydrogens is 556 g/mol. The number of para-hydroxylation sites is 1. The van der Waals surface area contributed by atoms with Gasteiger partial charge < -0.3 is 21.3 Å². The fourth-order valence-electron chi connectivity index (χ4n) is 1.91. The number of carboxylic acids is 1. The Morgan fingerprint density at radius 2 is 1.72 bits per heavy atom. The average Bonchev–Trinajstić information content (AvgIpc) is 2.61. The summed E-state index contributed by atoms with van der Waals surface area (Å²) in [5, 5.41) is 8.74. The molecule has 5 N–H and O–H groups in total. The van der Waals surface area contributed by atoms with Gasteiger partial charge in [0.2, 0.25) is 0 Å². The van der Waals surface area contributed by atoms with E-state index in [1.807, 2.05) is 54.6 Å². The smallest absolute Gasteiger partial charge is 0.332 e. The van der Waals surface area contributed by atoms with Gasteiger partial charge in [-0.2, -0.15) is 0 Å². The van der Waals surface area contributed by atoms with Crippen LogP contribution in [0.5, 0.6) is 5.75 Å². The molecule has 139 valence electrons. The quantitative estimate of drug-likeness (QED) is 0.361. The molecule has 6 heteroatoms. The summed E-state index contributed by atoms with van der Waals surface area (Å²) in [6.45, 7) is 0.0665. The van der Waals surface area contributed by atoms with Crippen LogP contribution in [0.1, 0.15) is 12.0 Å². The minimum Gasteiger partial charge on any atom is -0.497 e. The molecule has 5 nitrogen and oxygen atoms in total. The van der Waals surface area contributed by atoms with Gasteiger partial charge in [-0.1, -0.05) is 36.4 Å². The maximum absolute atomic E-state index is 10.7. The van der Waals surface area contributed by atoms with Crippen molar-refractivity contribution in [1.82, 2.24) is 0 Å². The zero-order valence-electron chi connectivity index (χ0n) is 14.1. The van der Waals surface area contributed by atoms with Crippen LogP contribution in [0.15, 0.2) is 66.2 Å². The molecule has 0 heterocycles. The molecule has 0 amide bonds. The van der Waals surface area contributed by atoms with Crippen molar-refractivity contribution >= 4 is 11.7 Å². The van der Waals surface area contributed by atoms with Crippen LogP contribution in [0, 0.1) is 0 Å². The van der Waals surface area contributed by atoms with Gasteiger partial charge in [0, 0.05) is 17.8 Å². The van der Waals surface area contributed by atoms with E-state index in [2.05, 4.69) is 0 Å². The van der Waals surface area contributed by atoms with Gasteiger partial charge in [-0.25, -0.2) is 4.79 Å². The van der Waals surface area contributed by atoms with Gasteiger partial charge >= 0.3 is 5.97 Å². The molecule has 1 radical (unpaired) electrons. The predicted octanol–water partition coefficient (Wildman–Crippen LogP) is 2.87. The number of methoxy groups -OCH3 is 1. The first-order chi connectivity index (χ1) is 11.6. The number of ether oxygens (including phenoxy) is 1. The number of allylic oxidation sites excluding steroid dienone is 1. The Morgan fingerprint density at radius 1 is 1.12 bits per heavy atom. The number of rotatable bonds is 6. The summed E-state index contributed by atoms with van der Waals surface area (Å²) in [6.07, 6.45) is 3.12. The fourth-order valence-corrected chi connectivity index (χ4v) is 1.91. The summed E-state index contributed by atoms with van der Waals surface area (Å²) in [5.41, 5.74) is 13.0. The summed E-state index contributed by atoms with van der Waals surface area (Å²) >= 11 is 0. The molecule has 0 aliphatic heterocycles. The number of aliphatic carboxylic acids is 1. The number of hydrogen-bond acceptors (Lipinski definition) is 4. The predicted molar refractivity (Wildman–Crippen MR) is 96.9 cm³/mol. The average molecular weight is 580 g/mol. The first-order valence-electron chi connectivity index (χ1n) is 7.62. The van der Waals surface area contributed by atoms with Crippen molar-refractivity contribution < 1.29 is 14.6 Å². The van der Waals surface area contributed by atoms with Crippen molar-refractivity contribution in [2.24, 2.45) is 5.73 Å². The zero-order valence-corrected chi connectivity index (χ0v) is 16.6. The number of benzene rings is 2. The third-order valence-electron chi connectivity index (χ3n) is 3.28. The van der Waals surface area contributed by atoms with Crippen LogP contribution >= 0.6 is 0 Å². The maximum atomic E-state index is 10.7. The van der Waals surface area contributed by atoms with Crippen molar-refractivity contribution in [2.75, 3.05) is 19.4 Å². The van der Waals surface area contributed by atoms with Crippen LogP contribution in [0.3, 0.4) is 0 Å². The Hall–Kier alpha value is -3.79. The molecule has 0 atom stereocenters. The Kier molecular flexibility index (Phi) is 9.96. The monoisotopic (exact) mass is 580 g/mol. The number of carbonyl (C=O) groups is 1. The second-order valence-electron chi connectivity index (χ2n) is 5.04. The molecule has 0 fully saturated rings. The van der Waals surface area contributed by atoms with Crippen molar-refractivity contribution in [1.29, 1.82) is 0 Å². The normalized spacial score (nSPS) is 10.1. The molecule has 0 saturated heterocycles. The Bertz CT molecular complexity index is 643. The minimum absolute atomic E-state index is 0. The number of nitrogen functional groups attached to an aromatic ring is 1. The van der Waals surface area contributed by atoms with Crippen LogP contribution in [-0.4, -0.2) is 24.7 Å². The van der Waals surface area contributed by atoms with E-state index in [-0.39, 0.29) is 12.1 Å². The van der Waals surface area contributed by atoms with E-state index in [1.54, 1.807) is 13.2 Å². The summed E-state index contributed by atoms with van der Waals surface area (Å²) in [4.78, 5) is 10.7. The molecule has 2 aromatic rings. The molecule has 0 unspecified atom stereocenters. The molecule has 0 bridgehead atoms. The van der Waals surface area contributed by atoms with Crippen LogP contribution in [0.4, 0.5) is 5.69 Å². The van der Waals surface area contributed by atoms with Crippen molar-refractivity contribution in [3.63, 3.8) is 0 Å². The first kappa shape index (κ1) is 21.2. The van der Waals surface area contributed by atoms with Crippen molar-refractivity contribution in [2.45, 2.75) is 12.8 Å². The zero-order chi connectivity index (χ0) is 17.8. The van der Waals surface area contributed by atoms with E-state index in [0.29, 0.717) is 6.42 Å². The van der Waals surface area contributed by atoms with Crippen LogP contribution in [0.2, 0.25) is 0 Å². The van der Waals surface area contributed by atoms with Gasteiger partial charge in [-0.3, -0.25) is 0 Å². The largest absolute Gasteiger partial charge is 0.497 e. The Morgan fingerprint density at radius 3 is 2.16 bits per heavy atom. The number of anilines is 1. The van der Waals surface area contributed by atoms with Crippen LogP contribution < -0.4 is 16.2 Å². The molecule has 0 aliphatic rings. The SMILES string of the molecule is COc1ccccc1.NC/C(=C\CCc1ccc(N)cc1)C(=O)O.[Es]. The topological polar surface area (TPSA) is 98.6 Å². The Balaban J connectivity index is 0.000000540. The molecule has 0 spiro atoms. The van der Waals surface area contributed by atoms with Gasteiger partial charge in [0.1, 0.15) is 5.75 Å². The number of hydrogen-bond donors (Lipinski definition) is 3. The standard InChI is InChI=1S/C12H16N2O2.C7H8O.Es/c13-8-10(12(15)16)3-1-2-9-4-6-11(14)7-5-9;1-8-7-5-3-2-4-6-7;/h3-7H,1-2,8,13-14H2,(H,15,16);2-6H,1H3;/b10-3+;;. The van der Waals surface area contributed by atoms with E-state index in [4.69, 9.17) is 21.3 Å². The number of nitrogens with two attached hydrogens (primary N) is 2. The molecule has 2 rings (SSSR count). The molecule has 0 saturated carbocycles. The summed E-state index contributed by atoms with van der Waals surface area (Å²) in [5.74, 6) is -0.0349. The molecule has 0 aromatic heterocycles. The van der Waals surface area contributed by atoms with E-state index < -0.39 is 5.97 Å². The van der Waals surface area contributed by atoms with Crippen LogP contribution in [0.25, 0.3) is 0 Å². The van der Waals surface area contributed by atoms with E-state index >= 15 is 0 Å². The molecule has 2 aromatic carbocycles. The second-order valence-corrected chi connectivity index (χ2v) is 5.04. The fraction of sp³-hybridized carbons (Fsp3) is 0.211. The molecular formula is C19H24EsN2O3. The first-order valence-corrected chi connectivity index (χ1v) is 7.62. The third-order valence-corrected chi connectivity index (χ3v) is 3.28. The van der Waals surface area contributed by atoms with E-state index in [0.717, 1.165) is 23.4 Å². The summed E-state index contributed by atoms with van der Waals surface area (Å²) < 4.78 is 4.91. The number of aryl methyl sites for hydroxylation is 1. The van der Waals surface area contributed by atoms with Gasteiger partial charge in [0.05, 0.1) is 7.11 Å². The summed E-state index contributed by atoms with van der Waals surface area (Å²) in [7, 11) is 1.66. The van der Waals surface area contributed by atoms with E-state index in [1.165, 1.54) is 0 Å². The number of carboxylic acid groups (broad SMARTS) is 1. The van der Waals surface area contributed by atoms with Crippen LogP contribution in [-0.2, 0) is 11.2 Å². The second kappa shape index (κ2) is 11.7. The maximum Gasteiger partial charge on any atom is 0.332 e. The Labute approximate surface area is 142 Å². The van der Waals surface area contributed by atoms with Crippen molar-refractivity contribution in [3.8, 4) is 5.75 Å².